The smallest absolute Gasteiger partial charge is 0.294 e. The van der Waals surface area contributed by atoms with Gasteiger partial charge in [-0.3, -0.25) is 19.3 Å². The summed E-state index contributed by atoms with van der Waals surface area (Å²) in [6.45, 7) is 1.73. The summed E-state index contributed by atoms with van der Waals surface area (Å²) in [6, 6.07) is 10.8. The Kier molecular flexibility index (Phi) is 8.20. The maximum atomic E-state index is 12.8. The van der Waals surface area contributed by atoms with Crippen LogP contribution in [0.3, 0.4) is 0 Å². The number of carbonyl (C=O) groups excluding carboxylic acids is 3. The Morgan fingerprint density at radius 2 is 2.00 bits per heavy atom. The Balaban J connectivity index is 1.73. The van der Waals surface area contributed by atoms with Gasteiger partial charge in [0, 0.05) is 5.69 Å². The lowest BCUT2D eigenvalue weighted by atomic mass is 10.1. The van der Waals surface area contributed by atoms with Crippen LogP contribution in [0.5, 0.6) is 11.5 Å². The fraction of sp³-hybridized carbons (Fsp3) is 0.208. The van der Waals surface area contributed by atoms with Crippen LogP contribution in [-0.4, -0.2) is 42.2 Å². The zero-order valence-corrected chi connectivity index (χ0v) is 20.4. The van der Waals surface area contributed by atoms with Crippen molar-refractivity contribution in [2.75, 3.05) is 25.6 Å². The normalized spacial score (nSPS) is 14.4. The van der Waals surface area contributed by atoms with Gasteiger partial charge in [-0.1, -0.05) is 25.0 Å². The van der Waals surface area contributed by atoms with Gasteiger partial charge in [0.15, 0.2) is 11.5 Å². The van der Waals surface area contributed by atoms with Crippen molar-refractivity contribution >= 4 is 56.5 Å². The number of nitrogens with one attached hydrogen (secondary N) is 1. The van der Waals surface area contributed by atoms with E-state index in [-0.39, 0.29) is 18.1 Å². The average molecular weight is 529 g/mol. The number of terminal acetylenes is 1. The van der Waals surface area contributed by atoms with E-state index in [2.05, 4.69) is 27.2 Å². The molecule has 3 amide bonds. The molecule has 0 bridgehead atoms. The molecule has 2 aromatic rings. The number of rotatable bonds is 8. The van der Waals surface area contributed by atoms with E-state index in [4.69, 9.17) is 15.9 Å². The van der Waals surface area contributed by atoms with Gasteiger partial charge in [0.1, 0.15) is 13.2 Å². The molecule has 1 aliphatic heterocycles. The highest BCUT2D eigenvalue weighted by molar-refractivity contribution is 9.10. The van der Waals surface area contributed by atoms with Gasteiger partial charge < -0.3 is 14.8 Å². The maximum Gasteiger partial charge on any atom is 0.294 e. The minimum absolute atomic E-state index is 0.0675. The van der Waals surface area contributed by atoms with Gasteiger partial charge in [-0.2, -0.15) is 0 Å². The van der Waals surface area contributed by atoms with E-state index in [0.717, 1.165) is 28.6 Å². The standard InChI is InChI=1S/C24H21BrN2O5S/c1-4-10-32-22-18(25)11-16(12-19(22)31-3)13-20-23(29)27(24(30)33-20)14-21(28)26-17-8-6-15(5-2)7-9-17/h1,6-9,11-13H,5,10,14H2,2-3H3,(H,26,28)/b20-13-. The Morgan fingerprint density at radius 3 is 2.64 bits per heavy atom. The van der Waals surface area contributed by atoms with E-state index in [1.165, 1.54) is 7.11 Å². The maximum absolute atomic E-state index is 12.8. The van der Waals surface area contributed by atoms with E-state index in [0.29, 0.717) is 27.2 Å². The van der Waals surface area contributed by atoms with Crippen molar-refractivity contribution in [3.05, 3.63) is 56.9 Å². The first kappa shape index (κ1) is 24.4. The van der Waals surface area contributed by atoms with E-state index >= 15 is 0 Å². The predicted molar refractivity (Wildman–Crippen MR) is 132 cm³/mol. The van der Waals surface area contributed by atoms with Crippen molar-refractivity contribution in [1.29, 1.82) is 0 Å². The Labute approximate surface area is 204 Å². The Bertz CT molecular complexity index is 1150. The number of aryl methyl sites for hydroxylation is 1. The third kappa shape index (κ3) is 5.97. The molecule has 1 N–H and O–H groups in total. The average Bonchev–Trinajstić information content (AvgIpc) is 3.05. The second kappa shape index (κ2) is 11.1. The molecule has 1 saturated heterocycles. The molecule has 0 saturated carbocycles. The number of anilines is 1. The number of hydrogen-bond donors (Lipinski definition) is 1. The van der Waals surface area contributed by atoms with Gasteiger partial charge in [0.2, 0.25) is 5.91 Å². The van der Waals surface area contributed by atoms with Crippen LogP contribution >= 0.6 is 27.7 Å². The molecule has 1 aliphatic rings. The first-order chi connectivity index (χ1) is 15.9. The zero-order valence-electron chi connectivity index (χ0n) is 18.0. The minimum atomic E-state index is -0.538. The fourth-order valence-electron chi connectivity index (χ4n) is 3.03. The zero-order chi connectivity index (χ0) is 24.0. The molecular formula is C24H21BrN2O5S. The van der Waals surface area contributed by atoms with E-state index in [1.807, 2.05) is 19.1 Å². The van der Waals surface area contributed by atoms with Gasteiger partial charge in [-0.05, 0) is 75.6 Å². The van der Waals surface area contributed by atoms with Gasteiger partial charge in [0.05, 0.1) is 16.5 Å². The summed E-state index contributed by atoms with van der Waals surface area (Å²) in [5.74, 6) is 2.24. The number of nitrogens with zero attached hydrogens (tertiary/aromatic N) is 1. The third-order valence-corrected chi connectivity index (χ3v) is 6.17. The highest BCUT2D eigenvalue weighted by Gasteiger charge is 2.36. The summed E-state index contributed by atoms with van der Waals surface area (Å²) in [5.41, 5.74) is 2.35. The van der Waals surface area contributed by atoms with Gasteiger partial charge in [-0.15, -0.1) is 6.42 Å². The molecule has 33 heavy (non-hydrogen) atoms. The molecule has 3 rings (SSSR count). The molecule has 0 aliphatic carbocycles. The van der Waals surface area contributed by atoms with Crippen LogP contribution in [0.15, 0.2) is 45.8 Å². The number of imide groups is 1. The fourth-order valence-corrected chi connectivity index (χ4v) is 4.45. The lowest BCUT2D eigenvalue weighted by Gasteiger charge is -2.13. The van der Waals surface area contributed by atoms with Crippen LogP contribution < -0.4 is 14.8 Å². The van der Waals surface area contributed by atoms with Crippen molar-refractivity contribution in [3.8, 4) is 23.8 Å². The molecule has 0 unspecified atom stereocenters. The lowest BCUT2D eigenvalue weighted by Crippen LogP contribution is -2.36. The summed E-state index contributed by atoms with van der Waals surface area (Å²) < 4.78 is 11.4. The van der Waals surface area contributed by atoms with Crippen LogP contribution in [-0.2, 0) is 16.0 Å². The summed E-state index contributed by atoms with van der Waals surface area (Å²) in [5, 5.41) is 2.20. The van der Waals surface area contributed by atoms with Gasteiger partial charge in [0.25, 0.3) is 11.1 Å². The van der Waals surface area contributed by atoms with Crippen molar-refractivity contribution < 1.29 is 23.9 Å². The first-order valence-electron chi connectivity index (χ1n) is 9.94. The molecule has 7 nitrogen and oxygen atoms in total. The molecule has 0 aromatic heterocycles. The highest BCUT2D eigenvalue weighted by Crippen LogP contribution is 2.39. The Morgan fingerprint density at radius 1 is 1.27 bits per heavy atom. The number of ether oxygens (including phenoxy) is 2. The van der Waals surface area contributed by atoms with Crippen LogP contribution in [0, 0.1) is 12.3 Å². The molecule has 9 heteroatoms. The number of carbonyl (C=O) groups is 3. The number of hydrogen-bond acceptors (Lipinski definition) is 6. The summed E-state index contributed by atoms with van der Waals surface area (Å²) >= 11 is 4.18. The topological polar surface area (TPSA) is 84.9 Å². The quantitative estimate of drug-likeness (QED) is 0.394. The van der Waals surface area contributed by atoms with Crippen LogP contribution in [0.1, 0.15) is 18.1 Å². The Hall–Kier alpha value is -3.22. The first-order valence-corrected chi connectivity index (χ1v) is 11.5. The molecule has 0 atom stereocenters. The van der Waals surface area contributed by atoms with Crippen LogP contribution in [0.2, 0.25) is 0 Å². The van der Waals surface area contributed by atoms with Crippen molar-refractivity contribution in [1.82, 2.24) is 4.90 Å². The second-order valence-electron chi connectivity index (χ2n) is 6.89. The van der Waals surface area contributed by atoms with Crippen LogP contribution in [0.25, 0.3) is 6.08 Å². The van der Waals surface area contributed by atoms with Gasteiger partial charge >= 0.3 is 0 Å². The van der Waals surface area contributed by atoms with E-state index in [1.54, 1.807) is 30.3 Å². The van der Waals surface area contributed by atoms with Crippen LogP contribution in [0.4, 0.5) is 10.5 Å². The molecular weight excluding hydrogens is 508 g/mol. The SMILES string of the molecule is C#CCOc1c(Br)cc(/C=C2\SC(=O)N(CC(=O)Nc3ccc(CC)cc3)C2=O)cc1OC. The van der Waals surface area contributed by atoms with Crippen molar-refractivity contribution in [2.24, 2.45) is 0 Å². The van der Waals surface area contributed by atoms with Crippen molar-refractivity contribution in [2.45, 2.75) is 13.3 Å². The largest absolute Gasteiger partial charge is 0.493 e. The molecule has 0 spiro atoms. The molecule has 1 heterocycles. The number of amides is 3. The number of halogens is 1. The number of benzene rings is 2. The highest BCUT2D eigenvalue weighted by atomic mass is 79.9. The van der Waals surface area contributed by atoms with E-state index < -0.39 is 17.1 Å². The summed E-state index contributed by atoms with van der Waals surface area (Å²) in [6.07, 6.45) is 7.69. The molecule has 0 radical (unpaired) electrons. The second-order valence-corrected chi connectivity index (χ2v) is 8.74. The lowest BCUT2D eigenvalue weighted by molar-refractivity contribution is -0.127. The number of methoxy groups -OCH3 is 1. The van der Waals surface area contributed by atoms with E-state index in [9.17, 15) is 14.4 Å². The monoisotopic (exact) mass is 528 g/mol. The van der Waals surface area contributed by atoms with Gasteiger partial charge in [-0.25, -0.2) is 0 Å². The summed E-state index contributed by atoms with van der Waals surface area (Å²) in [7, 11) is 1.48. The molecule has 2 aromatic carbocycles. The third-order valence-electron chi connectivity index (χ3n) is 4.67. The number of thioether (sulfide) groups is 1. The molecule has 1 fully saturated rings. The minimum Gasteiger partial charge on any atom is -0.493 e. The predicted octanol–water partition coefficient (Wildman–Crippen LogP) is 4.71. The summed E-state index contributed by atoms with van der Waals surface area (Å²) in [4.78, 5) is 38.7. The molecule has 170 valence electrons. The van der Waals surface area contributed by atoms with Crippen molar-refractivity contribution in [3.63, 3.8) is 0 Å².